The molecule has 0 fully saturated rings. The van der Waals surface area contributed by atoms with Gasteiger partial charge < -0.3 is 14.8 Å². The molecular formula is C15H20BrN5. The van der Waals surface area contributed by atoms with Crippen LogP contribution in [-0.4, -0.2) is 27.9 Å². The van der Waals surface area contributed by atoms with Crippen LogP contribution in [0.25, 0.3) is 0 Å². The molecule has 0 bridgehead atoms. The number of rotatable bonds is 5. The third kappa shape index (κ3) is 3.27. The van der Waals surface area contributed by atoms with Crippen molar-refractivity contribution in [3.63, 3.8) is 0 Å². The number of hydrogen-bond acceptors (Lipinski definition) is 4. The highest BCUT2D eigenvalue weighted by Crippen LogP contribution is 2.27. The molecule has 1 aromatic carbocycles. The normalized spacial score (nSPS) is 14.3. The molecule has 2 aromatic rings. The van der Waals surface area contributed by atoms with Gasteiger partial charge in [0.2, 0.25) is 0 Å². The molecule has 0 radical (unpaired) electrons. The van der Waals surface area contributed by atoms with Gasteiger partial charge in [-0.3, -0.25) is 0 Å². The van der Waals surface area contributed by atoms with Crippen LogP contribution in [0.3, 0.4) is 0 Å². The minimum Gasteiger partial charge on any atom is -0.362 e. The van der Waals surface area contributed by atoms with E-state index in [9.17, 15) is 0 Å². The fraction of sp³-hybridized carbons (Fsp3) is 0.467. The lowest BCUT2D eigenvalue weighted by Gasteiger charge is -2.31. The lowest BCUT2D eigenvalue weighted by molar-refractivity contribution is 0.557. The highest BCUT2D eigenvalue weighted by atomic mass is 79.9. The van der Waals surface area contributed by atoms with Crippen LogP contribution in [0.15, 0.2) is 29.0 Å². The number of fused-ring (bicyclic) bond motifs is 1. The molecule has 2 heterocycles. The number of benzene rings is 1. The standard InChI is InChI=1S/C15H20BrN5/c1-2-5-17-9-12-8-13(16)3-4-14(12)20-6-7-21-11-18-19-15(21)10-20/h3-4,8,11,17H,2,5-7,9-10H2,1H3. The number of hydrogen-bond donors (Lipinski definition) is 1. The van der Waals surface area contributed by atoms with Gasteiger partial charge >= 0.3 is 0 Å². The molecular weight excluding hydrogens is 330 g/mol. The maximum atomic E-state index is 4.20. The smallest absolute Gasteiger partial charge is 0.152 e. The summed E-state index contributed by atoms with van der Waals surface area (Å²) >= 11 is 3.58. The van der Waals surface area contributed by atoms with Crippen molar-refractivity contribution in [2.24, 2.45) is 0 Å². The van der Waals surface area contributed by atoms with Crippen molar-refractivity contribution in [3.8, 4) is 0 Å². The summed E-state index contributed by atoms with van der Waals surface area (Å²) in [5.74, 6) is 1.04. The summed E-state index contributed by atoms with van der Waals surface area (Å²) in [6.45, 7) is 6.88. The first-order chi connectivity index (χ1) is 10.3. The number of nitrogens with zero attached hydrogens (tertiary/aromatic N) is 4. The van der Waals surface area contributed by atoms with Crippen LogP contribution in [0.2, 0.25) is 0 Å². The van der Waals surface area contributed by atoms with Crippen LogP contribution >= 0.6 is 15.9 Å². The summed E-state index contributed by atoms with van der Waals surface area (Å²) in [5.41, 5.74) is 2.61. The van der Waals surface area contributed by atoms with Gasteiger partial charge in [0.05, 0.1) is 6.54 Å². The average molecular weight is 350 g/mol. The Morgan fingerprint density at radius 1 is 1.33 bits per heavy atom. The minimum absolute atomic E-state index is 0.822. The van der Waals surface area contributed by atoms with Crippen molar-refractivity contribution < 1.29 is 0 Å². The maximum Gasteiger partial charge on any atom is 0.152 e. The summed E-state index contributed by atoms with van der Waals surface area (Å²) in [7, 11) is 0. The number of halogens is 1. The fourth-order valence-corrected chi connectivity index (χ4v) is 3.08. The second-order valence-corrected chi connectivity index (χ2v) is 6.23. The summed E-state index contributed by atoms with van der Waals surface area (Å²) in [6, 6.07) is 6.51. The predicted octanol–water partition coefficient (Wildman–Crippen LogP) is 2.56. The second-order valence-electron chi connectivity index (χ2n) is 5.31. The van der Waals surface area contributed by atoms with E-state index in [2.05, 4.69) is 66.0 Å². The lowest BCUT2D eigenvalue weighted by atomic mass is 10.1. The number of nitrogens with one attached hydrogen (secondary N) is 1. The Morgan fingerprint density at radius 2 is 2.24 bits per heavy atom. The van der Waals surface area contributed by atoms with Crippen molar-refractivity contribution in [2.75, 3.05) is 18.0 Å². The molecule has 3 rings (SSSR count). The molecule has 0 amide bonds. The van der Waals surface area contributed by atoms with E-state index < -0.39 is 0 Å². The molecule has 1 aliphatic rings. The van der Waals surface area contributed by atoms with Gasteiger partial charge in [-0.15, -0.1) is 10.2 Å². The van der Waals surface area contributed by atoms with Crippen LogP contribution in [-0.2, 0) is 19.6 Å². The van der Waals surface area contributed by atoms with Crippen LogP contribution in [0.4, 0.5) is 5.69 Å². The van der Waals surface area contributed by atoms with Crippen LogP contribution in [0, 0.1) is 0 Å². The van der Waals surface area contributed by atoms with Gasteiger partial charge in [0.15, 0.2) is 5.82 Å². The summed E-state index contributed by atoms with van der Waals surface area (Å²) < 4.78 is 3.25. The van der Waals surface area contributed by atoms with Crippen molar-refractivity contribution in [1.82, 2.24) is 20.1 Å². The zero-order valence-corrected chi connectivity index (χ0v) is 13.8. The van der Waals surface area contributed by atoms with Crippen molar-refractivity contribution >= 4 is 21.6 Å². The molecule has 6 heteroatoms. The zero-order valence-electron chi connectivity index (χ0n) is 12.2. The molecule has 1 N–H and O–H groups in total. The Hall–Kier alpha value is -1.40. The summed E-state index contributed by atoms with van der Waals surface area (Å²) in [6.07, 6.45) is 2.97. The molecule has 0 unspecified atom stereocenters. The molecule has 1 aliphatic heterocycles. The molecule has 112 valence electrons. The Labute approximate surface area is 133 Å². The van der Waals surface area contributed by atoms with E-state index in [0.717, 1.165) is 49.4 Å². The molecule has 0 atom stereocenters. The summed E-state index contributed by atoms with van der Waals surface area (Å²) in [5, 5.41) is 11.7. The van der Waals surface area contributed by atoms with Crippen LogP contribution < -0.4 is 10.2 Å². The highest BCUT2D eigenvalue weighted by molar-refractivity contribution is 9.10. The topological polar surface area (TPSA) is 46.0 Å². The average Bonchev–Trinajstić information content (AvgIpc) is 2.95. The van der Waals surface area contributed by atoms with Gasteiger partial charge in [-0.2, -0.15) is 0 Å². The number of aromatic nitrogens is 3. The van der Waals surface area contributed by atoms with Crippen molar-refractivity contribution in [2.45, 2.75) is 33.0 Å². The van der Waals surface area contributed by atoms with Gasteiger partial charge in [-0.25, -0.2) is 0 Å². The maximum absolute atomic E-state index is 4.20. The van der Waals surface area contributed by atoms with Gasteiger partial charge in [-0.05, 0) is 36.7 Å². The van der Waals surface area contributed by atoms with E-state index in [1.165, 1.54) is 11.3 Å². The Morgan fingerprint density at radius 3 is 3.10 bits per heavy atom. The minimum atomic E-state index is 0.822. The highest BCUT2D eigenvalue weighted by Gasteiger charge is 2.19. The molecule has 0 spiro atoms. The van der Waals surface area contributed by atoms with Crippen molar-refractivity contribution in [3.05, 3.63) is 40.4 Å². The molecule has 0 aliphatic carbocycles. The fourth-order valence-electron chi connectivity index (χ4n) is 2.68. The molecule has 21 heavy (non-hydrogen) atoms. The third-order valence-electron chi connectivity index (χ3n) is 3.76. The molecule has 1 aromatic heterocycles. The Kier molecular flexibility index (Phi) is 4.55. The van der Waals surface area contributed by atoms with Crippen LogP contribution in [0.1, 0.15) is 24.7 Å². The molecule has 0 saturated heterocycles. The van der Waals surface area contributed by atoms with E-state index in [1.54, 1.807) is 0 Å². The lowest BCUT2D eigenvalue weighted by Crippen LogP contribution is -2.34. The van der Waals surface area contributed by atoms with E-state index >= 15 is 0 Å². The van der Waals surface area contributed by atoms with Gasteiger partial charge in [-0.1, -0.05) is 22.9 Å². The Bertz CT molecular complexity index is 610. The van der Waals surface area contributed by atoms with E-state index in [4.69, 9.17) is 0 Å². The molecule has 5 nitrogen and oxygen atoms in total. The Balaban J connectivity index is 1.81. The van der Waals surface area contributed by atoms with Crippen LogP contribution in [0.5, 0.6) is 0 Å². The second kappa shape index (κ2) is 6.58. The quantitative estimate of drug-likeness (QED) is 0.842. The van der Waals surface area contributed by atoms with Gasteiger partial charge in [0, 0.05) is 29.8 Å². The zero-order chi connectivity index (χ0) is 14.7. The van der Waals surface area contributed by atoms with Gasteiger partial charge in [0.25, 0.3) is 0 Å². The SMILES string of the molecule is CCCNCc1cc(Br)ccc1N1CCn2cnnc2C1. The van der Waals surface area contributed by atoms with Gasteiger partial charge in [0.1, 0.15) is 6.33 Å². The summed E-state index contributed by atoms with van der Waals surface area (Å²) in [4.78, 5) is 2.39. The molecule has 0 saturated carbocycles. The van der Waals surface area contributed by atoms with E-state index in [0.29, 0.717) is 0 Å². The van der Waals surface area contributed by atoms with E-state index in [-0.39, 0.29) is 0 Å². The first-order valence-electron chi connectivity index (χ1n) is 7.38. The monoisotopic (exact) mass is 349 g/mol. The first-order valence-corrected chi connectivity index (χ1v) is 8.18. The van der Waals surface area contributed by atoms with E-state index in [1.807, 2.05) is 6.33 Å². The third-order valence-corrected chi connectivity index (χ3v) is 4.26. The first kappa shape index (κ1) is 14.5. The number of anilines is 1. The largest absolute Gasteiger partial charge is 0.362 e. The van der Waals surface area contributed by atoms with Crippen molar-refractivity contribution in [1.29, 1.82) is 0 Å². The predicted molar refractivity (Wildman–Crippen MR) is 87.2 cm³/mol.